The molecule has 3 rings (SSSR count). The molecule has 2 heterocycles. The fourth-order valence-corrected chi connectivity index (χ4v) is 5.62. The van der Waals surface area contributed by atoms with Crippen molar-refractivity contribution >= 4 is 45.4 Å². The highest BCUT2D eigenvalue weighted by Gasteiger charge is 2.10. The lowest BCUT2D eigenvalue weighted by molar-refractivity contribution is 0.335. The Morgan fingerprint density at radius 1 is 1.18 bits per heavy atom. The van der Waals surface area contributed by atoms with Gasteiger partial charge < -0.3 is 10.6 Å². The summed E-state index contributed by atoms with van der Waals surface area (Å²) in [7, 11) is -1.41. The Bertz CT molecular complexity index is 1270. The van der Waals surface area contributed by atoms with Gasteiger partial charge in [-0.05, 0) is 101 Å². The first-order valence-electron chi connectivity index (χ1n) is 13.9. The van der Waals surface area contributed by atoms with Gasteiger partial charge in [0.25, 0.3) is 0 Å². The highest BCUT2D eigenvalue weighted by Crippen LogP contribution is 2.29. The van der Waals surface area contributed by atoms with Crippen LogP contribution in [0.4, 0.5) is 5.69 Å². The summed E-state index contributed by atoms with van der Waals surface area (Å²) in [4.78, 5) is 11.8. The minimum absolute atomic E-state index is 0.564. The topological polar surface area (TPSA) is 83.8 Å². The van der Waals surface area contributed by atoms with Gasteiger partial charge >= 0.3 is 0 Å². The van der Waals surface area contributed by atoms with Crippen molar-refractivity contribution in [3.63, 3.8) is 0 Å². The molecule has 1 saturated heterocycles. The first-order chi connectivity index (χ1) is 19.1. The van der Waals surface area contributed by atoms with Crippen LogP contribution in [0.15, 0.2) is 81.5 Å². The Labute approximate surface area is 242 Å². The Kier molecular flexibility index (Phi) is 13.9. The summed E-state index contributed by atoms with van der Waals surface area (Å²) in [5.74, 6) is 9.10. The largest absolute Gasteiger partial charge is 0.390 e. The van der Waals surface area contributed by atoms with E-state index in [-0.39, 0.29) is 0 Å². The molecular weight excluding hydrogens is 514 g/mol. The van der Waals surface area contributed by atoms with Crippen LogP contribution in [0.1, 0.15) is 52.5 Å². The Morgan fingerprint density at radius 3 is 2.40 bits per heavy atom. The predicted octanol–water partition coefficient (Wildman–Crippen LogP) is 6.43. The molecule has 8 heteroatoms. The zero-order chi connectivity index (χ0) is 29.5. The first-order valence-corrected chi connectivity index (χ1v) is 15.9. The van der Waals surface area contributed by atoms with Crippen molar-refractivity contribution < 1.29 is 0 Å². The number of aromatic nitrogens is 2. The third-order valence-electron chi connectivity index (χ3n) is 6.46. The van der Waals surface area contributed by atoms with E-state index in [9.17, 15) is 0 Å². The molecule has 0 atom stereocenters. The number of nitrogens with one attached hydrogen (secondary N) is 1. The number of hydrogen-bond acceptors (Lipinski definition) is 5. The number of benzene rings is 1. The third kappa shape index (κ3) is 11.1. The van der Waals surface area contributed by atoms with Gasteiger partial charge in [-0.15, -0.1) is 9.39 Å². The molecule has 3 N–H and O–H groups in total. The Morgan fingerprint density at radius 2 is 1.85 bits per heavy atom. The molecule has 0 unspecified atom stereocenters. The maximum Gasteiger partial charge on any atom is 0.0860 e. The van der Waals surface area contributed by atoms with E-state index in [1.165, 1.54) is 38.8 Å². The average Bonchev–Trinajstić information content (AvgIpc) is 3.61. The molecular formula is C32H49N7S. The second-order valence-corrected chi connectivity index (χ2v) is 13.2. The van der Waals surface area contributed by atoms with E-state index in [1.54, 1.807) is 0 Å². The second kappa shape index (κ2) is 16.8. The third-order valence-corrected chi connectivity index (χ3v) is 8.39. The molecule has 7 nitrogen and oxygen atoms in total. The summed E-state index contributed by atoms with van der Waals surface area (Å²) >= 11 is 0. The van der Waals surface area contributed by atoms with Crippen molar-refractivity contribution in [1.82, 2.24) is 19.4 Å². The number of nitrogens with two attached hydrogens (primary N) is 1. The van der Waals surface area contributed by atoms with Gasteiger partial charge in [-0.3, -0.25) is 14.4 Å². The molecule has 0 aliphatic carbocycles. The standard InChI is InChI=1S/C16H24N4.C16H25N3S/c1-6-14(7-16(13(4)5)18-11-17)15-8-19-20(10-15)9-12(2)3;1-17-15-7-9-16(10-8-15)20(2,3)18-11-6-14-19-12-4-5-13-19/h6-8,10-12H,1,9H2,2-5H3,(H2,17,18);7-10,18H,1-6,11-14H2/b14-7+;. The summed E-state index contributed by atoms with van der Waals surface area (Å²) in [5.41, 5.74) is 10.2. The van der Waals surface area contributed by atoms with Gasteiger partial charge in [-0.2, -0.15) is 5.10 Å². The molecule has 40 heavy (non-hydrogen) atoms. The molecule has 0 saturated carbocycles. The minimum atomic E-state index is -1.41. The van der Waals surface area contributed by atoms with Crippen LogP contribution in [0.25, 0.3) is 5.57 Å². The van der Waals surface area contributed by atoms with Crippen molar-refractivity contribution in [3.8, 4) is 0 Å². The molecule has 218 valence electrons. The normalized spacial score (nSPS) is 14.3. The van der Waals surface area contributed by atoms with E-state index in [0.717, 1.165) is 52.5 Å². The van der Waals surface area contributed by atoms with Gasteiger partial charge in [-0.25, -0.2) is 4.99 Å². The molecule has 1 aliphatic rings. The SMILES string of the molecule is C=C/C(=C\C(N=CN)=C(C)C)c1cnn(CC(C)C)c1.C=Nc1ccc(S(=C)(=C)NCCCN2CCCC2)cc1. The molecule has 1 aromatic heterocycles. The van der Waals surface area contributed by atoms with Crippen LogP contribution in [0.3, 0.4) is 0 Å². The Hall–Kier alpha value is -3.20. The summed E-state index contributed by atoms with van der Waals surface area (Å²) in [6.07, 6.45) is 12.9. The van der Waals surface area contributed by atoms with E-state index in [2.05, 4.69) is 63.6 Å². The fraction of sp³-hybridized carbons (Fsp3) is 0.406. The van der Waals surface area contributed by atoms with Gasteiger partial charge in [-0.1, -0.05) is 43.8 Å². The fourth-order valence-electron chi connectivity index (χ4n) is 4.26. The number of rotatable bonds is 13. The van der Waals surface area contributed by atoms with Gasteiger partial charge in [0.1, 0.15) is 0 Å². The molecule has 0 spiro atoms. The monoisotopic (exact) mass is 563 g/mol. The van der Waals surface area contributed by atoms with Gasteiger partial charge in [0, 0.05) is 29.7 Å². The smallest absolute Gasteiger partial charge is 0.0860 e. The van der Waals surface area contributed by atoms with Crippen molar-refractivity contribution in [2.45, 2.75) is 58.4 Å². The minimum Gasteiger partial charge on any atom is -0.390 e. The molecule has 2 aromatic rings. The quantitative estimate of drug-likeness (QED) is 0.0968. The molecule has 1 aromatic carbocycles. The van der Waals surface area contributed by atoms with Crippen LogP contribution in [0, 0.1) is 5.92 Å². The summed E-state index contributed by atoms with van der Waals surface area (Å²) in [5, 5.41) is 4.37. The molecule has 0 amide bonds. The zero-order valence-corrected chi connectivity index (χ0v) is 25.8. The number of likely N-dealkylation sites (tertiary alicyclic amines) is 1. The van der Waals surface area contributed by atoms with Crippen molar-refractivity contribution in [2.24, 2.45) is 21.6 Å². The van der Waals surface area contributed by atoms with Crippen LogP contribution >= 0.6 is 9.39 Å². The second-order valence-electron chi connectivity index (χ2n) is 10.6. The maximum absolute atomic E-state index is 5.38. The zero-order valence-electron chi connectivity index (χ0n) is 25.0. The lowest BCUT2D eigenvalue weighted by Gasteiger charge is -2.19. The van der Waals surface area contributed by atoms with E-state index < -0.39 is 9.39 Å². The molecule has 1 aliphatic heterocycles. The number of aliphatic imine (C=N–C) groups is 2. The first kappa shape index (κ1) is 33.0. The lowest BCUT2D eigenvalue weighted by Crippen LogP contribution is -2.23. The average molecular weight is 564 g/mol. The highest BCUT2D eigenvalue weighted by atomic mass is 32.2. The molecule has 1 fully saturated rings. The van der Waals surface area contributed by atoms with Crippen LogP contribution in [0.2, 0.25) is 0 Å². The summed E-state index contributed by atoms with van der Waals surface area (Å²) in [6, 6.07) is 8.03. The van der Waals surface area contributed by atoms with E-state index in [4.69, 9.17) is 5.73 Å². The molecule has 0 bridgehead atoms. The summed E-state index contributed by atoms with van der Waals surface area (Å²) in [6.45, 7) is 21.3. The molecule has 0 radical (unpaired) electrons. The summed E-state index contributed by atoms with van der Waals surface area (Å²) < 4.78 is 5.48. The van der Waals surface area contributed by atoms with Crippen LogP contribution in [0.5, 0.6) is 0 Å². The highest BCUT2D eigenvalue weighted by molar-refractivity contribution is 8.26. The lowest BCUT2D eigenvalue weighted by atomic mass is 10.1. The Balaban J connectivity index is 0.000000280. The number of nitrogens with zero attached hydrogens (tertiary/aromatic N) is 5. The van der Waals surface area contributed by atoms with E-state index >= 15 is 0 Å². The van der Waals surface area contributed by atoms with E-state index in [0.29, 0.717) is 5.92 Å². The number of allylic oxidation sites excluding steroid dienone is 4. The number of hydrogen-bond donors (Lipinski definition) is 2. The van der Waals surface area contributed by atoms with Gasteiger partial charge in [0.15, 0.2) is 0 Å². The van der Waals surface area contributed by atoms with Crippen molar-refractivity contribution in [2.75, 3.05) is 26.2 Å². The van der Waals surface area contributed by atoms with Gasteiger partial charge in [0.05, 0.1) is 23.9 Å². The van der Waals surface area contributed by atoms with Crippen LogP contribution < -0.4 is 10.5 Å². The van der Waals surface area contributed by atoms with Crippen LogP contribution in [-0.4, -0.2) is 65.7 Å². The maximum atomic E-state index is 5.38. The predicted molar refractivity (Wildman–Crippen MR) is 180 cm³/mol. The van der Waals surface area contributed by atoms with E-state index in [1.807, 2.05) is 67.3 Å². The van der Waals surface area contributed by atoms with Crippen molar-refractivity contribution in [1.29, 1.82) is 0 Å². The van der Waals surface area contributed by atoms with Crippen molar-refractivity contribution in [3.05, 3.63) is 72.2 Å². The van der Waals surface area contributed by atoms with Gasteiger partial charge in [0.2, 0.25) is 0 Å². The van der Waals surface area contributed by atoms with Crippen LogP contribution in [-0.2, 0) is 6.54 Å².